The van der Waals surface area contributed by atoms with E-state index in [0.29, 0.717) is 15.9 Å². The number of aliphatic hydroxyl groups is 1. The number of nitrogens with zero attached hydrogens (tertiary/aromatic N) is 2. The highest BCUT2D eigenvalue weighted by Crippen LogP contribution is 2.27. The van der Waals surface area contributed by atoms with Gasteiger partial charge in [-0.15, -0.1) is 4.73 Å². The number of carbonyl (C=O) groups is 1. The number of benzene rings is 2. The van der Waals surface area contributed by atoms with E-state index in [-0.39, 0.29) is 48.8 Å². The molecule has 0 radical (unpaired) electrons. The molecule has 36 heavy (non-hydrogen) atoms. The van der Waals surface area contributed by atoms with Crippen molar-refractivity contribution in [3.63, 3.8) is 0 Å². The number of hydrogen-bond donors (Lipinski definition) is 3. The molecule has 0 aliphatic heterocycles. The van der Waals surface area contributed by atoms with Gasteiger partial charge in [-0.1, -0.05) is 36.4 Å². The molecule has 11 heteroatoms. The van der Waals surface area contributed by atoms with Crippen molar-refractivity contribution in [3.8, 4) is 0 Å². The molecule has 4 rings (SSSR count). The molecule has 2 aromatic heterocycles. The Morgan fingerprint density at radius 3 is 2.64 bits per heavy atom. The van der Waals surface area contributed by atoms with Gasteiger partial charge in [-0.05, 0) is 33.6 Å². The van der Waals surface area contributed by atoms with Gasteiger partial charge in [-0.2, -0.15) is 0 Å². The third kappa shape index (κ3) is 5.52. The number of fused-ring (bicyclic) bond motifs is 1. The second-order valence-electron chi connectivity index (χ2n) is 7.70. The van der Waals surface area contributed by atoms with E-state index >= 15 is 0 Å². The minimum Gasteiger partial charge on any atom is -0.404 e. The number of rotatable bonds is 9. The lowest BCUT2D eigenvalue weighted by atomic mass is 10.1. The Hall–Kier alpha value is -3.83. The number of aromatic nitrogens is 2. The second-order valence-corrected chi connectivity index (χ2v) is 8.62. The number of halogens is 3. The number of hydrogen-bond acceptors (Lipinski definition) is 6. The molecule has 2 heterocycles. The quantitative estimate of drug-likeness (QED) is 0.291. The average molecular weight is 559 g/mol. The Morgan fingerprint density at radius 2 is 1.92 bits per heavy atom. The van der Waals surface area contributed by atoms with Crippen molar-refractivity contribution in [1.29, 1.82) is 0 Å². The molecular weight excluding hydrogens is 538 g/mol. The summed E-state index contributed by atoms with van der Waals surface area (Å²) in [6, 6.07) is 13.8. The van der Waals surface area contributed by atoms with E-state index < -0.39 is 23.1 Å². The lowest BCUT2D eigenvalue weighted by molar-refractivity contribution is 0.0898. The van der Waals surface area contributed by atoms with E-state index in [4.69, 9.17) is 4.84 Å². The Labute approximate surface area is 212 Å². The second kappa shape index (κ2) is 11.3. The largest absolute Gasteiger partial charge is 0.404 e. The Balaban J connectivity index is 1.78. The van der Waals surface area contributed by atoms with Crippen molar-refractivity contribution in [2.75, 3.05) is 18.5 Å². The fraction of sp³-hybridized carbons (Fsp3) is 0.160. The van der Waals surface area contributed by atoms with Crippen molar-refractivity contribution in [2.45, 2.75) is 13.2 Å². The van der Waals surface area contributed by atoms with Gasteiger partial charge in [0.15, 0.2) is 5.65 Å². The molecule has 8 nitrogen and oxygen atoms in total. The highest BCUT2D eigenvalue weighted by molar-refractivity contribution is 9.10. The van der Waals surface area contributed by atoms with Crippen molar-refractivity contribution in [2.24, 2.45) is 0 Å². The topological polar surface area (TPSA) is 105 Å². The summed E-state index contributed by atoms with van der Waals surface area (Å²) in [5.41, 5.74) is 0.00259. The molecule has 0 atom stereocenters. The maximum absolute atomic E-state index is 14.1. The normalized spacial score (nSPS) is 10.9. The van der Waals surface area contributed by atoms with Crippen LogP contribution in [0.15, 0.2) is 70.1 Å². The molecule has 3 N–H and O–H groups in total. The van der Waals surface area contributed by atoms with Gasteiger partial charge in [-0.3, -0.25) is 9.59 Å². The summed E-state index contributed by atoms with van der Waals surface area (Å²) >= 11 is 3.35. The summed E-state index contributed by atoms with van der Waals surface area (Å²) in [5, 5.41) is 15.2. The molecule has 0 fully saturated rings. The van der Waals surface area contributed by atoms with Crippen molar-refractivity contribution in [3.05, 3.63) is 104 Å². The van der Waals surface area contributed by atoms with Gasteiger partial charge in [0.1, 0.15) is 23.8 Å². The molecule has 4 aromatic rings. The van der Waals surface area contributed by atoms with Gasteiger partial charge in [0.2, 0.25) is 0 Å². The first-order chi connectivity index (χ1) is 17.4. The number of nitrogens with one attached hydrogen (secondary N) is 2. The predicted molar refractivity (Wildman–Crippen MR) is 134 cm³/mol. The molecular formula is C25H21BrF2N4O4. The summed E-state index contributed by atoms with van der Waals surface area (Å²) in [7, 11) is 0. The molecule has 0 bridgehead atoms. The molecule has 0 spiro atoms. The Kier molecular flexibility index (Phi) is 7.91. The van der Waals surface area contributed by atoms with Crippen molar-refractivity contribution >= 4 is 38.6 Å². The van der Waals surface area contributed by atoms with Crippen molar-refractivity contribution in [1.82, 2.24) is 15.0 Å². The van der Waals surface area contributed by atoms with Gasteiger partial charge in [0, 0.05) is 40.8 Å². The third-order valence-electron chi connectivity index (χ3n) is 5.24. The zero-order valence-corrected chi connectivity index (χ0v) is 20.4. The molecule has 1 amide bonds. The van der Waals surface area contributed by atoms with Crippen LogP contribution < -0.4 is 21.0 Å². The van der Waals surface area contributed by atoms with Gasteiger partial charge in [0.05, 0.1) is 12.3 Å². The zero-order valence-electron chi connectivity index (χ0n) is 18.8. The van der Waals surface area contributed by atoms with Crippen LogP contribution in [0.3, 0.4) is 0 Å². The van der Waals surface area contributed by atoms with Crippen LogP contribution in [0.5, 0.6) is 0 Å². The number of amides is 1. The molecule has 0 aliphatic carbocycles. The van der Waals surface area contributed by atoms with Crippen LogP contribution >= 0.6 is 15.9 Å². The average Bonchev–Trinajstić information content (AvgIpc) is 2.87. The highest BCUT2D eigenvalue weighted by atomic mass is 79.9. The van der Waals surface area contributed by atoms with Crippen LogP contribution in [0.1, 0.15) is 21.5 Å². The van der Waals surface area contributed by atoms with E-state index in [0.717, 1.165) is 16.4 Å². The first kappa shape index (κ1) is 25.3. The zero-order chi connectivity index (χ0) is 25.7. The molecule has 0 unspecified atom stereocenters. The maximum Gasteiger partial charge on any atom is 0.300 e. The first-order valence-corrected chi connectivity index (χ1v) is 11.7. The minimum atomic E-state index is -0.829. The smallest absolute Gasteiger partial charge is 0.300 e. The van der Waals surface area contributed by atoms with Gasteiger partial charge >= 0.3 is 0 Å². The molecule has 0 saturated heterocycles. The predicted octanol–water partition coefficient (Wildman–Crippen LogP) is 3.40. The van der Waals surface area contributed by atoms with E-state index in [1.807, 2.05) is 30.3 Å². The van der Waals surface area contributed by atoms with Crippen LogP contribution in [-0.2, 0) is 13.2 Å². The van der Waals surface area contributed by atoms with Crippen molar-refractivity contribution < 1.29 is 23.5 Å². The van der Waals surface area contributed by atoms with E-state index in [2.05, 4.69) is 31.5 Å². The maximum atomic E-state index is 14.1. The summed E-state index contributed by atoms with van der Waals surface area (Å²) in [4.78, 5) is 36.9. The summed E-state index contributed by atoms with van der Waals surface area (Å²) < 4.78 is 28.8. The molecule has 0 saturated carbocycles. The van der Waals surface area contributed by atoms with Crippen LogP contribution in [0.2, 0.25) is 0 Å². The number of pyridine rings is 2. The van der Waals surface area contributed by atoms with E-state index in [1.54, 1.807) is 6.07 Å². The monoisotopic (exact) mass is 558 g/mol. The summed E-state index contributed by atoms with van der Waals surface area (Å²) in [6.45, 7) is -0.483. The number of aliphatic hydroxyl groups excluding tert-OH is 1. The summed E-state index contributed by atoms with van der Waals surface area (Å²) in [5.74, 6) is -2.39. The number of anilines is 1. The fourth-order valence-electron chi connectivity index (χ4n) is 3.55. The van der Waals surface area contributed by atoms with Crippen LogP contribution in [0, 0.1) is 11.6 Å². The lowest BCUT2D eigenvalue weighted by Gasteiger charge is -2.18. The van der Waals surface area contributed by atoms with Gasteiger partial charge in [0.25, 0.3) is 11.5 Å². The van der Waals surface area contributed by atoms with E-state index in [9.17, 15) is 23.5 Å². The Morgan fingerprint density at radius 1 is 1.14 bits per heavy atom. The van der Waals surface area contributed by atoms with Crippen LogP contribution in [-0.4, -0.2) is 33.9 Å². The molecule has 0 aliphatic rings. The fourth-order valence-corrected chi connectivity index (χ4v) is 3.89. The third-order valence-corrected chi connectivity index (χ3v) is 5.68. The number of carbonyl (C=O) groups excluding carboxylic acids is 1. The van der Waals surface area contributed by atoms with Gasteiger partial charge < -0.3 is 20.6 Å². The van der Waals surface area contributed by atoms with Crippen LogP contribution in [0.25, 0.3) is 11.0 Å². The molecule has 2 aromatic carbocycles. The Bertz CT molecular complexity index is 1460. The standard InChI is InChI=1S/C25H21BrF2N4O4/c26-17-10-19-22(29-8-9-33)21(24(34)31-12-16-6-7-18(27)11-20(16)28)25(35)32(23(19)30-13-17)36-14-15-4-2-1-3-5-15/h1-7,10-11,13,29,33H,8-9,12,14H2,(H,31,34). The van der Waals surface area contributed by atoms with E-state index in [1.165, 1.54) is 12.3 Å². The lowest BCUT2D eigenvalue weighted by Crippen LogP contribution is -2.37. The first-order valence-electron chi connectivity index (χ1n) is 10.9. The molecule has 186 valence electrons. The summed E-state index contributed by atoms with van der Waals surface area (Å²) in [6.07, 6.45) is 1.48. The van der Waals surface area contributed by atoms with Crippen LogP contribution in [0.4, 0.5) is 14.5 Å². The SMILES string of the molecule is O=C(NCc1ccc(F)cc1F)c1c(NCCO)c2cc(Br)cnc2n(OCc2ccccc2)c1=O. The highest BCUT2D eigenvalue weighted by Gasteiger charge is 2.24. The minimum absolute atomic E-state index is 0.0266. The van der Waals surface area contributed by atoms with Gasteiger partial charge in [-0.25, -0.2) is 13.8 Å².